The van der Waals surface area contributed by atoms with Crippen LogP contribution >= 0.6 is 15.9 Å². The van der Waals surface area contributed by atoms with Gasteiger partial charge >= 0.3 is 0 Å². The Hall–Kier alpha value is -0.830. The molecule has 1 saturated heterocycles. The average Bonchev–Trinajstić information content (AvgIpc) is 2.85. The minimum atomic E-state index is 0.234. The second-order valence-electron chi connectivity index (χ2n) is 3.19. The second kappa shape index (κ2) is 3.50. The molecule has 1 aromatic rings. The predicted molar refractivity (Wildman–Crippen MR) is 54.4 cm³/mol. The topological polar surface area (TPSA) is 20.1 Å². The van der Waals surface area contributed by atoms with E-state index in [0.29, 0.717) is 6.42 Å². The Morgan fingerprint density at radius 2 is 2.23 bits per heavy atom. The molecule has 0 aromatic heterocycles. The molecular formula is C10H10BrNO. The van der Waals surface area contributed by atoms with Gasteiger partial charge in [0.1, 0.15) is 0 Å². The lowest BCUT2D eigenvalue weighted by atomic mass is 10.1. The molecule has 1 heterocycles. The van der Waals surface area contributed by atoms with Gasteiger partial charge in [0.2, 0.25) is 5.91 Å². The van der Waals surface area contributed by atoms with Gasteiger partial charge in [-0.1, -0.05) is 28.1 Å². The van der Waals surface area contributed by atoms with Crippen LogP contribution in [0.3, 0.4) is 0 Å². The van der Waals surface area contributed by atoms with E-state index in [-0.39, 0.29) is 5.91 Å². The summed E-state index contributed by atoms with van der Waals surface area (Å²) in [6, 6.07) is 7.88. The Kier molecular flexibility index (Phi) is 2.36. The van der Waals surface area contributed by atoms with Gasteiger partial charge in [0.15, 0.2) is 0 Å². The van der Waals surface area contributed by atoms with E-state index in [2.05, 4.69) is 15.9 Å². The van der Waals surface area contributed by atoms with Gasteiger partial charge in [-0.15, -0.1) is 0 Å². The van der Waals surface area contributed by atoms with Crippen molar-refractivity contribution in [2.75, 3.05) is 13.1 Å². The molecule has 2 nitrogen and oxygen atoms in total. The number of hydrogen-bond donors (Lipinski definition) is 0. The minimum Gasteiger partial charge on any atom is -0.339 e. The zero-order valence-electron chi connectivity index (χ0n) is 7.16. The molecule has 0 unspecified atom stereocenters. The van der Waals surface area contributed by atoms with Crippen LogP contribution in [0, 0.1) is 0 Å². The average molecular weight is 240 g/mol. The number of hydrogen-bond acceptors (Lipinski definition) is 1. The Balaban J connectivity index is 2.04. The molecule has 0 bridgehead atoms. The standard InChI is InChI=1S/C10H10BrNO/c11-9-3-1-2-8(6-9)7-10(13)12-4-5-12/h1-3,6H,4-5,7H2. The number of rotatable bonds is 2. The number of nitrogens with zero attached hydrogens (tertiary/aromatic N) is 1. The number of carbonyl (C=O) groups is 1. The number of carbonyl (C=O) groups excluding carboxylic acids is 1. The van der Waals surface area contributed by atoms with E-state index in [4.69, 9.17) is 0 Å². The zero-order valence-corrected chi connectivity index (χ0v) is 8.75. The van der Waals surface area contributed by atoms with Gasteiger partial charge in [-0.25, -0.2) is 0 Å². The quantitative estimate of drug-likeness (QED) is 0.722. The maximum Gasteiger partial charge on any atom is 0.227 e. The predicted octanol–water partition coefficient (Wildman–Crippen LogP) is 1.83. The molecular weight excluding hydrogens is 230 g/mol. The second-order valence-corrected chi connectivity index (χ2v) is 4.10. The Bertz CT molecular complexity index is 333. The third kappa shape index (κ3) is 2.31. The van der Waals surface area contributed by atoms with Crippen LogP contribution in [0.2, 0.25) is 0 Å². The van der Waals surface area contributed by atoms with Gasteiger partial charge < -0.3 is 4.90 Å². The first-order valence-corrected chi connectivity index (χ1v) is 5.07. The fourth-order valence-corrected chi connectivity index (χ4v) is 1.68. The summed E-state index contributed by atoms with van der Waals surface area (Å²) in [5.74, 6) is 0.234. The van der Waals surface area contributed by atoms with Crippen LogP contribution in [-0.2, 0) is 11.2 Å². The first-order valence-electron chi connectivity index (χ1n) is 4.28. The lowest BCUT2D eigenvalue weighted by molar-refractivity contribution is -0.125. The minimum absolute atomic E-state index is 0.234. The van der Waals surface area contributed by atoms with Gasteiger partial charge in [0, 0.05) is 17.6 Å². The largest absolute Gasteiger partial charge is 0.339 e. The first kappa shape index (κ1) is 8.75. The van der Waals surface area contributed by atoms with Crippen molar-refractivity contribution in [2.24, 2.45) is 0 Å². The fraction of sp³-hybridized carbons (Fsp3) is 0.300. The van der Waals surface area contributed by atoms with Crippen LogP contribution in [-0.4, -0.2) is 23.9 Å². The molecule has 13 heavy (non-hydrogen) atoms. The molecule has 0 N–H and O–H groups in total. The summed E-state index contributed by atoms with van der Waals surface area (Å²) in [6.07, 6.45) is 0.527. The third-order valence-corrected chi connectivity index (χ3v) is 2.54. The number of benzene rings is 1. The van der Waals surface area contributed by atoms with Crippen molar-refractivity contribution >= 4 is 21.8 Å². The first-order chi connectivity index (χ1) is 6.25. The summed E-state index contributed by atoms with van der Waals surface area (Å²) in [7, 11) is 0. The maximum atomic E-state index is 11.4. The molecule has 1 aliphatic rings. The van der Waals surface area contributed by atoms with E-state index in [1.165, 1.54) is 0 Å². The molecule has 0 aliphatic carbocycles. The third-order valence-electron chi connectivity index (χ3n) is 2.04. The van der Waals surface area contributed by atoms with Gasteiger partial charge in [-0.2, -0.15) is 0 Å². The molecule has 1 aliphatic heterocycles. The maximum absolute atomic E-state index is 11.4. The highest BCUT2D eigenvalue weighted by Crippen LogP contribution is 2.14. The summed E-state index contributed by atoms with van der Waals surface area (Å²) in [5, 5.41) is 0. The van der Waals surface area contributed by atoms with Crippen molar-refractivity contribution in [2.45, 2.75) is 6.42 Å². The molecule has 1 amide bonds. The molecule has 68 valence electrons. The Morgan fingerprint density at radius 1 is 1.46 bits per heavy atom. The van der Waals surface area contributed by atoms with Crippen molar-refractivity contribution in [3.05, 3.63) is 34.3 Å². The van der Waals surface area contributed by atoms with Gasteiger partial charge in [-0.05, 0) is 17.7 Å². The van der Waals surface area contributed by atoms with Crippen LogP contribution in [0.25, 0.3) is 0 Å². The van der Waals surface area contributed by atoms with Crippen molar-refractivity contribution in [3.8, 4) is 0 Å². The molecule has 1 aromatic carbocycles. The lowest BCUT2D eigenvalue weighted by Crippen LogP contribution is -2.12. The molecule has 0 spiro atoms. The Labute approximate surface area is 85.7 Å². The molecule has 1 fully saturated rings. The van der Waals surface area contributed by atoms with Crippen molar-refractivity contribution in [1.82, 2.24) is 4.90 Å². The van der Waals surface area contributed by atoms with Crippen LogP contribution < -0.4 is 0 Å². The SMILES string of the molecule is O=C(Cc1cccc(Br)c1)N1CC1. The van der Waals surface area contributed by atoms with Crippen molar-refractivity contribution < 1.29 is 4.79 Å². The molecule has 2 rings (SSSR count). The lowest BCUT2D eigenvalue weighted by Gasteiger charge is -2.01. The normalized spacial score (nSPS) is 14.4. The summed E-state index contributed by atoms with van der Waals surface area (Å²) in [4.78, 5) is 13.2. The summed E-state index contributed by atoms with van der Waals surface area (Å²) in [5.41, 5.74) is 1.08. The van der Waals surface area contributed by atoms with Gasteiger partial charge in [0.05, 0.1) is 6.42 Å². The van der Waals surface area contributed by atoms with Gasteiger partial charge in [0.25, 0.3) is 0 Å². The summed E-state index contributed by atoms with van der Waals surface area (Å²) >= 11 is 3.38. The van der Waals surface area contributed by atoms with Gasteiger partial charge in [-0.3, -0.25) is 4.79 Å². The monoisotopic (exact) mass is 239 g/mol. The van der Waals surface area contributed by atoms with Crippen LogP contribution in [0.4, 0.5) is 0 Å². The molecule has 3 heteroatoms. The van der Waals surface area contributed by atoms with Crippen molar-refractivity contribution in [3.63, 3.8) is 0 Å². The zero-order chi connectivity index (χ0) is 9.26. The van der Waals surface area contributed by atoms with Crippen LogP contribution in [0.5, 0.6) is 0 Å². The molecule has 0 atom stereocenters. The number of amides is 1. The molecule has 0 saturated carbocycles. The van der Waals surface area contributed by atoms with Crippen LogP contribution in [0.15, 0.2) is 28.7 Å². The van der Waals surface area contributed by atoms with Crippen molar-refractivity contribution in [1.29, 1.82) is 0 Å². The summed E-state index contributed by atoms with van der Waals surface area (Å²) in [6.45, 7) is 1.87. The Morgan fingerprint density at radius 3 is 2.85 bits per heavy atom. The van der Waals surface area contributed by atoms with E-state index in [9.17, 15) is 4.79 Å². The highest BCUT2D eigenvalue weighted by Gasteiger charge is 2.23. The van der Waals surface area contributed by atoms with E-state index in [0.717, 1.165) is 23.1 Å². The fourth-order valence-electron chi connectivity index (χ4n) is 1.23. The number of halogens is 1. The van der Waals surface area contributed by atoms with E-state index < -0.39 is 0 Å². The summed E-state index contributed by atoms with van der Waals surface area (Å²) < 4.78 is 1.03. The highest BCUT2D eigenvalue weighted by molar-refractivity contribution is 9.10. The highest BCUT2D eigenvalue weighted by atomic mass is 79.9. The van der Waals surface area contributed by atoms with Crippen LogP contribution in [0.1, 0.15) is 5.56 Å². The smallest absolute Gasteiger partial charge is 0.227 e. The van der Waals surface area contributed by atoms with E-state index in [1.807, 2.05) is 29.2 Å². The molecule has 0 radical (unpaired) electrons. The van der Waals surface area contributed by atoms with E-state index >= 15 is 0 Å². The van der Waals surface area contributed by atoms with E-state index in [1.54, 1.807) is 0 Å².